The minimum Gasteiger partial charge on any atom is -0.493 e. The topological polar surface area (TPSA) is 98.7 Å². The predicted octanol–water partition coefficient (Wildman–Crippen LogP) is 2.12. The molecule has 0 spiro atoms. The smallest absolute Gasteiger partial charge is 0.277 e. The SMILES string of the molecule is COc1cc(/C=N/NC(=O)COc2ccc(Cl)cc2)ccc1OCC(=O)N1CCOCC1. The minimum absolute atomic E-state index is 0.0898. The first-order chi connectivity index (χ1) is 15.5. The van der Waals surface area contributed by atoms with Crippen LogP contribution in [-0.4, -0.2) is 69.6 Å². The lowest BCUT2D eigenvalue weighted by atomic mass is 10.2. The largest absolute Gasteiger partial charge is 0.493 e. The van der Waals surface area contributed by atoms with Gasteiger partial charge in [-0.05, 0) is 48.0 Å². The van der Waals surface area contributed by atoms with E-state index in [-0.39, 0.29) is 19.1 Å². The summed E-state index contributed by atoms with van der Waals surface area (Å²) in [5.41, 5.74) is 3.06. The molecule has 32 heavy (non-hydrogen) atoms. The third kappa shape index (κ3) is 7.14. The minimum atomic E-state index is -0.412. The standard InChI is InChI=1S/C22H24ClN3O6/c1-29-20-12-16(2-7-19(20)32-15-22(28)26-8-10-30-11-9-26)13-24-25-21(27)14-31-18-5-3-17(23)4-6-18/h2-7,12-13H,8-11,14-15H2,1H3,(H,25,27)/b24-13+. The highest BCUT2D eigenvalue weighted by atomic mass is 35.5. The van der Waals surface area contributed by atoms with E-state index < -0.39 is 5.91 Å². The molecule has 1 fully saturated rings. The van der Waals surface area contributed by atoms with Gasteiger partial charge in [0, 0.05) is 18.1 Å². The van der Waals surface area contributed by atoms with Crippen LogP contribution < -0.4 is 19.6 Å². The summed E-state index contributed by atoms with van der Waals surface area (Å²) in [4.78, 5) is 25.8. The molecule has 2 amide bonds. The van der Waals surface area contributed by atoms with Crippen molar-refractivity contribution < 1.29 is 28.5 Å². The van der Waals surface area contributed by atoms with E-state index >= 15 is 0 Å². The number of rotatable bonds is 9. The quantitative estimate of drug-likeness (QED) is 0.453. The molecule has 1 heterocycles. The molecule has 3 rings (SSSR count). The molecule has 0 radical (unpaired) electrons. The Balaban J connectivity index is 1.47. The van der Waals surface area contributed by atoms with Crippen molar-refractivity contribution in [3.8, 4) is 17.2 Å². The molecular formula is C22H24ClN3O6. The number of benzene rings is 2. The van der Waals surface area contributed by atoms with Crippen molar-refractivity contribution in [2.75, 3.05) is 46.6 Å². The number of hydrogen-bond acceptors (Lipinski definition) is 7. The van der Waals surface area contributed by atoms with Crippen molar-refractivity contribution in [2.45, 2.75) is 0 Å². The number of hydrogen-bond donors (Lipinski definition) is 1. The normalized spacial score (nSPS) is 13.6. The number of hydrazone groups is 1. The van der Waals surface area contributed by atoms with Crippen LogP contribution in [0, 0.1) is 0 Å². The van der Waals surface area contributed by atoms with Crippen molar-refractivity contribution in [3.05, 3.63) is 53.1 Å². The fraction of sp³-hybridized carbons (Fsp3) is 0.318. The second-order valence-corrected chi connectivity index (χ2v) is 7.16. The number of amides is 2. The van der Waals surface area contributed by atoms with Crippen LogP contribution in [0.4, 0.5) is 0 Å². The van der Waals surface area contributed by atoms with Gasteiger partial charge >= 0.3 is 0 Å². The number of halogens is 1. The number of methoxy groups -OCH3 is 1. The molecule has 10 heteroatoms. The average molecular weight is 462 g/mol. The van der Waals surface area contributed by atoms with Crippen LogP contribution in [0.3, 0.4) is 0 Å². The molecule has 1 saturated heterocycles. The lowest BCUT2D eigenvalue weighted by molar-refractivity contribution is -0.137. The van der Waals surface area contributed by atoms with E-state index in [2.05, 4.69) is 10.5 Å². The summed E-state index contributed by atoms with van der Waals surface area (Å²) >= 11 is 5.80. The molecule has 0 aliphatic carbocycles. The Kier molecular flexibility index (Phi) is 8.70. The molecule has 0 saturated carbocycles. The van der Waals surface area contributed by atoms with E-state index in [0.29, 0.717) is 54.1 Å². The van der Waals surface area contributed by atoms with Crippen LogP contribution in [0.25, 0.3) is 0 Å². The first-order valence-electron chi connectivity index (χ1n) is 9.92. The van der Waals surface area contributed by atoms with Gasteiger partial charge in [0.15, 0.2) is 24.7 Å². The van der Waals surface area contributed by atoms with Crippen molar-refractivity contribution in [1.29, 1.82) is 0 Å². The van der Waals surface area contributed by atoms with Gasteiger partial charge in [0.05, 0.1) is 26.5 Å². The molecule has 2 aromatic carbocycles. The van der Waals surface area contributed by atoms with Gasteiger partial charge in [0.25, 0.3) is 11.8 Å². The molecule has 9 nitrogen and oxygen atoms in total. The maximum atomic E-state index is 12.2. The van der Waals surface area contributed by atoms with Crippen LogP contribution >= 0.6 is 11.6 Å². The Labute approximate surface area is 190 Å². The summed E-state index contributed by atoms with van der Waals surface area (Å²) in [5, 5.41) is 4.50. The number of nitrogens with zero attached hydrogens (tertiary/aromatic N) is 2. The highest BCUT2D eigenvalue weighted by Crippen LogP contribution is 2.27. The number of ether oxygens (including phenoxy) is 4. The highest BCUT2D eigenvalue weighted by Gasteiger charge is 2.18. The summed E-state index contributed by atoms with van der Waals surface area (Å²) in [6.45, 7) is 1.91. The van der Waals surface area contributed by atoms with E-state index in [4.69, 9.17) is 30.5 Å². The van der Waals surface area contributed by atoms with Gasteiger partial charge in [-0.15, -0.1) is 0 Å². The molecule has 1 aliphatic heterocycles. The van der Waals surface area contributed by atoms with Crippen LogP contribution in [0.15, 0.2) is 47.6 Å². The summed E-state index contributed by atoms with van der Waals surface area (Å²) in [7, 11) is 1.50. The van der Waals surface area contributed by atoms with Crippen LogP contribution in [0.5, 0.6) is 17.2 Å². The zero-order valence-corrected chi connectivity index (χ0v) is 18.3. The molecule has 0 atom stereocenters. The maximum Gasteiger partial charge on any atom is 0.277 e. The Bertz CT molecular complexity index is 945. The molecule has 0 aromatic heterocycles. The fourth-order valence-electron chi connectivity index (χ4n) is 2.82. The molecule has 0 unspecified atom stereocenters. The Morgan fingerprint density at radius 3 is 2.56 bits per heavy atom. The van der Waals surface area contributed by atoms with Crippen molar-refractivity contribution in [1.82, 2.24) is 10.3 Å². The monoisotopic (exact) mass is 461 g/mol. The van der Waals surface area contributed by atoms with Gasteiger partial charge in [-0.2, -0.15) is 5.10 Å². The van der Waals surface area contributed by atoms with E-state index in [1.807, 2.05) is 0 Å². The summed E-state index contributed by atoms with van der Waals surface area (Å²) in [5.74, 6) is 0.892. The summed E-state index contributed by atoms with van der Waals surface area (Å²) < 4.78 is 21.6. The van der Waals surface area contributed by atoms with E-state index in [0.717, 1.165) is 0 Å². The third-order valence-corrected chi connectivity index (χ3v) is 4.74. The maximum absolute atomic E-state index is 12.2. The van der Waals surface area contributed by atoms with Crippen LogP contribution in [0.2, 0.25) is 5.02 Å². The Morgan fingerprint density at radius 2 is 1.84 bits per heavy atom. The number of nitrogens with one attached hydrogen (secondary N) is 1. The Morgan fingerprint density at radius 1 is 1.09 bits per heavy atom. The van der Waals surface area contributed by atoms with E-state index in [1.165, 1.54) is 13.3 Å². The Hall–Kier alpha value is -3.30. The van der Waals surface area contributed by atoms with Crippen molar-refractivity contribution >= 4 is 29.6 Å². The van der Waals surface area contributed by atoms with Crippen LogP contribution in [-0.2, 0) is 14.3 Å². The lowest BCUT2D eigenvalue weighted by Gasteiger charge is -2.26. The van der Waals surface area contributed by atoms with Gasteiger partial charge in [0.2, 0.25) is 0 Å². The molecule has 1 N–H and O–H groups in total. The number of carbonyl (C=O) groups is 2. The number of morpholine rings is 1. The lowest BCUT2D eigenvalue weighted by Crippen LogP contribution is -2.43. The van der Waals surface area contributed by atoms with Gasteiger partial charge in [0.1, 0.15) is 5.75 Å². The first-order valence-corrected chi connectivity index (χ1v) is 10.3. The van der Waals surface area contributed by atoms with Crippen molar-refractivity contribution in [3.63, 3.8) is 0 Å². The zero-order chi connectivity index (χ0) is 22.8. The molecule has 0 bridgehead atoms. The van der Waals surface area contributed by atoms with Gasteiger partial charge < -0.3 is 23.8 Å². The predicted molar refractivity (Wildman–Crippen MR) is 119 cm³/mol. The zero-order valence-electron chi connectivity index (χ0n) is 17.6. The number of carbonyl (C=O) groups excluding carboxylic acids is 2. The van der Waals surface area contributed by atoms with E-state index in [1.54, 1.807) is 47.4 Å². The molecule has 2 aromatic rings. The molecule has 1 aliphatic rings. The van der Waals surface area contributed by atoms with Crippen molar-refractivity contribution in [2.24, 2.45) is 5.10 Å². The van der Waals surface area contributed by atoms with Gasteiger partial charge in [-0.3, -0.25) is 9.59 Å². The van der Waals surface area contributed by atoms with Gasteiger partial charge in [-0.25, -0.2) is 5.43 Å². The van der Waals surface area contributed by atoms with Crippen LogP contribution in [0.1, 0.15) is 5.56 Å². The summed E-state index contributed by atoms with van der Waals surface area (Å²) in [6, 6.07) is 11.8. The van der Waals surface area contributed by atoms with Gasteiger partial charge in [-0.1, -0.05) is 11.6 Å². The second kappa shape index (κ2) is 11.9. The van der Waals surface area contributed by atoms with E-state index in [9.17, 15) is 9.59 Å². The second-order valence-electron chi connectivity index (χ2n) is 6.73. The molecule has 170 valence electrons. The molecular weight excluding hydrogens is 438 g/mol. The fourth-order valence-corrected chi connectivity index (χ4v) is 2.94. The average Bonchev–Trinajstić information content (AvgIpc) is 2.83. The third-order valence-electron chi connectivity index (χ3n) is 4.49. The first kappa shape index (κ1) is 23.4. The summed E-state index contributed by atoms with van der Waals surface area (Å²) in [6.07, 6.45) is 1.46. The highest BCUT2D eigenvalue weighted by molar-refractivity contribution is 6.30.